The van der Waals surface area contributed by atoms with Gasteiger partial charge >= 0.3 is 5.97 Å². The van der Waals surface area contributed by atoms with E-state index in [2.05, 4.69) is 6.58 Å². The molecule has 3 aliphatic rings. The van der Waals surface area contributed by atoms with Gasteiger partial charge in [-0.1, -0.05) is 24.3 Å². The van der Waals surface area contributed by atoms with E-state index in [1.165, 1.54) is 0 Å². The minimum atomic E-state index is -0.725. The fourth-order valence-corrected chi connectivity index (χ4v) is 8.92. The van der Waals surface area contributed by atoms with Crippen LogP contribution in [0.15, 0.2) is 30.9 Å². The molecule has 2 amide bonds. The highest BCUT2D eigenvalue weighted by Gasteiger charge is 2.77. The van der Waals surface area contributed by atoms with E-state index in [0.717, 1.165) is 23.2 Å². The van der Waals surface area contributed by atoms with Crippen LogP contribution in [0.3, 0.4) is 0 Å². The molecule has 0 aromatic heterocycles. The van der Waals surface area contributed by atoms with E-state index in [1.54, 1.807) is 34.6 Å². The number of rotatable bonds is 9. The zero-order valence-corrected chi connectivity index (χ0v) is 21.9. The number of esters is 1. The first-order valence-corrected chi connectivity index (χ1v) is 13.2. The minimum absolute atomic E-state index is 0.0816. The highest BCUT2D eigenvalue weighted by atomic mass is 32.2. The first-order valence-electron chi connectivity index (χ1n) is 12.4. The average Bonchev–Trinajstić information content (AvgIpc) is 3.37. The minimum Gasteiger partial charge on any atom is -0.466 e. The van der Waals surface area contributed by atoms with Gasteiger partial charge in [-0.15, -0.1) is 18.3 Å². The molecule has 3 saturated heterocycles. The van der Waals surface area contributed by atoms with Crippen molar-refractivity contribution in [1.29, 1.82) is 0 Å². The van der Waals surface area contributed by atoms with Gasteiger partial charge in [-0.25, -0.2) is 0 Å². The summed E-state index contributed by atoms with van der Waals surface area (Å²) in [6, 6.07) is 5.19. The molecule has 7 nitrogen and oxygen atoms in total. The van der Waals surface area contributed by atoms with E-state index in [9.17, 15) is 19.5 Å². The predicted octanol–water partition coefficient (Wildman–Crippen LogP) is 3.25. The number of likely N-dealkylation sites (tertiary alicyclic amines) is 1. The molecule has 2 bridgehead atoms. The zero-order chi connectivity index (χ0) is 25.5. The third-order valence-corrected chi connectivity index (χ3v) is 9.88. The number of hydrogen-bond acceptors (Lipinski definition) is 6. The number of benzene rings is 1. The average molecular weight is 501 g/mol. The number of carbonyl (C=O) groups is 3. The molecule has 190 valence electrons. The smallest absolute Gasteiger partial charge is 0.311 e. The first kappa shape index (κ1) is 25.8. The number of hydrogen-bond donors (Lipinski definition) is 1. The number of thioether (sulfide) groups is 1. The van der Waals surface area contributed by atoms with Crippen LogP contribution in [-0.4, -0.2) is 69.6 Å². The Kier molecular flexibility index (Phi) is 7.08. The van der Waals surface area contributed by atoms with Crippen molar-refractivity contribution in [2.45, 2.75) is 62.5 Å². The second kappa shape index (κ2) is 9.62. The number of aryl methyl sites for hydroxylation is 2. The summed E-state index contributed by atoms with van der Waals surface area (Å²) in [7, 11) is 0. The van der Waals surface area contributed by atoms with E-state index >= 15 is 0 Å². The topological polar surface area (TPSA) is 87.2 Å². The van der Waals surface area contributed by atoms with Gasteiger partial charge in [0.1, 0.15) is 6.04 Å². The fourth-order valence-electron chi connectivity index (χ4n) is 6.58. The number of ether oxygens (including phenoxy) is 1. The summed E-state index contributed by atoms with van der Waals surface area (Å²) >= 11 is 1.63. The van der Waals surface area contributed by atoms with Gasteiger partial charge in [0.15, 0.2) is 0 Å². The summed E-state index contributed by atoms with van der Waals surface area (Å²) in [5, 5.41) is 9.54. The Labute approximate surface area is 211 Å². The Hall–Kier alpha value is -2.32. The summed E-state index contributed by atoms with van der Waals surface area (Å²) in [4.78, 5) is 44.9. The molecule has 5 atom stereocenters. The van der Waals surface area contributed by atoms with Crippen molar-refractivity contribution in [1.82, 2.24) is 4.90 Å². The number of aliphatic hydroxyl groups is 1. The molecule has 2 unspecified atom stereocenters. The van der Waals surface area contributed by atoms with E-state index in [0.29, 0.717) is 19.4 Å². The summed E-state index contributed by atoms with van der Waals surface area (Å²) in [5.41, 5.74) is 2.78. The Balaban J connectivity index is 1.83. The normalized spacial score (nSPS) is 30.9. The third-order valence-electron chi connectivity index (χ3n) is 7.90. The van der Waals surface area contributed by atoms with Crippen molar-refractivity contribution in [3.05, 3.63) is 42.0 Å². The molecule has 1 aromatic rings. The van der Waals surface area contributed by atoms with Gasteiger partial charge in [0.25, 0.3) is 5.91 Å². The lowest BCUT2D eigenvalue weighted by Gasteiger charge is -2.38. The third kappa shape index (κ3) is 3.89. The Bertz CT molecular complexity index is 1020. The van der Waals surface area contributed by atoms with Gasteiger partial charge in [-0.2, -0.15) is 0 Å². The van der Waals surface area contributed by atoms with Crippen molar-refractivity contribution < 1.29 is 24.2 Å². The van der Waals surface area contributed by atoms with Crippen molar-refractivity contribution in [2.75, 3.05) is 31.2 Å². The highest BCUT2D eigenvalue weighted by Crippen LogP contribution is 2.71. The van der Waals surface area contributed by atoms with Gasteiger partial charge in [-0.05, 0) is 58.1 Å². The highest BCUT2D eigenvalue weighted by molar-refractivity contribution is 8.02. The van der Waals surface area contributed by atoms with Gasteiger partial charge in [0, 0.05) is 30.1 Å². The molecule has 3 fully saturated rings. The standard InChI is InChI=1S/C27H36N2O5S/c1-6-14-28(21-17(3)10-8-11-18(21)4)24(32)22-27-13-12-26(5,35-27)20(25(33)34-7-2)19(27)23(31)29(22)15-9-16-30/h6,8,10-11,19-20,22,30H,1,7,9,12-16H2,2-5H3/t19-,20+,22?,26-,27?/m0/s1. The SMILES string of the molecule is C=CCN(C(=O)C1N(CCCO)C(=O)[C@@H]2[C@H](C(=O)OCC)[C@]3(C)CCC12S3)c1c(C)cccc1C. The molecule has 3 heterocycles. The van der Waals surface area contributed by atoms with Crippen LogP contribution in [0.4, 0.5) is 5.69 Å². The van der Waals surface area contributed by atoms with Gasteiger partial charge < -0.3 is 19.6 Å². The largest absolute Gasteiger partial charge is 0.466 e. The second-order valence-electron chi connectivity index (χ2n) is 10.1. The summed E-state index contributed by atoms with van der Waals surface area (Å²) in [6.07, 6.45) is 3.50. The molecular formula is C27H36N2O5S. The number of anilines is 1. The van der Waals surface area contributed by atoms with Crippen molar-refractivity contribution >= 4 is 35.2 Å². The molecule has 1 N–H and O–H groups in total. The van der Waals surface area contributed by atoms with E-state index in [1.807, 2.05) is 39.0 Å². The second-order valence-corrected chi connectivity index (χ2v) is 12.0. The molecule has 3 aliphatic heterocycles. The van der Waals surface area contributed by atoms with Crippen LogP contribution in [0, 0.1) is 25.7 Å². The molecule has 8 heteroatoms. The number of carbonyl (C=O) groups excluding carboxylic acids is 3. The lowest BCUT2D eigenvalue weighted by Crippen LogP contribution is -2.55. The number of nitrogens with zero attached hydrogens (tertiary/aromatic N) is 2. The number of para-hydroxylation sites is 1. The van der Waals surface area contributed by atoms with E-state index < -0.39 is 27.4 Å². The van der Waals surface area contributed by atoms with Crippen LogP contribution in [0.2, 0.25) is 0 Å². The van der Waals surface area contributed by atoms with Crippen LogP contribution in [0.5, 0.6) is 0 Å². The molecular weight excluding hydrogens is 464 g/mol. The first-order chi connectivity index (χ1) is 16.7. The Morgan fingerprint density at radius 3 is 2.60 bits per heavy atom. The Morgan fingerprint density at radius 2 is 2.00 bits per heavy atom. The van der Waals surface area contributed by atoms with Gasteiger partial charge in [-0.3, -0.25) is 14.4 Å². The predicted molar refractivity (Wildman–Crippen MR) is 137 cm³/mol. The molecule has 35 heavy (non-hydrogen) atoms. The lowest BCUT2D eigenvalue weighted by molar-refractivity contribution is -0.155. The van der Waals surface area contributed by atoms with Crippen LogP contribution >= 0.6 is 11.8 Å². The molecule has 0 aliphatic carbocycles. The quantitative estimate of drug-likeness (QED) is 0.414. The number of aliphatic hydroxyl groups excluding tert-OH is 1. The van der Waals surface area contributed by atoms with Crippen molar-refractivity contribution in [2.24, 2.45) is 11.8 Å². The molecule has 0 saturated carbocycles. The maximum Gasteiger partial charge on any atom is 0.311 e. The maximum atomic E-state index is 14.5. The van der Waals surface area contributed by atoms with Crippen molar-refractivity contribution in [3.8, 4) is 0 Å². The Morgan fingerprint density at radius 1 is 1.31 bits per heavy atom. The monoisotopic (exact) mass is 500 g/mol. The maximum absolute atomic E-state index is 14.5. The zero-order valence-electron chi connectivity index (χ0n) is 21.1. The molecule has 0 radical (unpaired) electrons. The van der Waals surface area contributed by atoms with Crippen LogP contribution in [0.1, 0.15) is 44.2 Å². The summed E-state index contributed by atoms with van der Waals surface area (Å²) in [5.74, 6) is -1.88. The van der Waals surface area contributed by atoms with Crippen molar-refractivity contribution in [3.63, 3.8) is 0 Å². The lowest BCUT2D eigenvalue weighted by atomic mass is 9.66. The van der Waals surface area contributed by atoms with E-state index in [-0.39, 0.29) is 37.5 Å². The summed E-state index contributed by atoms with van der Waals surface area (Å²) < 4.78 is 4.27. The van der Waals surface area contributed by atoms with E-state index in [4.69, 9.17) is 4.74 Å². The molecule has 1 spiro atoms. The molecule has 1 aromatic carbocycles. The van der Waals surface area contributed by atoms with Gasteiger partial charge in [0.2, 0.25) is 5.91 Å². The van der Waals surface area contributed by atoms with Crippen LogP contribution in [-0.2, 0) is 19.1 Å². The van der Waals surface area contributed by atoms with Crippen LogP contribution < -0.4 is 4.90 Å². The summed E-state index contributed by atoms with van der Waals surface area (Å²) in [6.45, 7) is 12.4. The van der Waals surface area contributed by atoms with Crippen LogP contribution in [0.25, 0.3) is 0 Å². The fraction of sp³-hybridized carbons (Fsp3) is 0.593. The molecule has 4 rings (SSSR count). The number of fused-ring (bicyclic) bond motifs is 1. The number of amides is 2. The van der Waals surface area contributed by atoms with Gasteiger partial charge in [0.05, 0.1) is 23.2 Å².